The van der Waals surface area contributed by atoms with Crippen molar-refractivity contribution in [3.05, 3.63) is 41.9 Å². The Morgan fingerprint density at radius 3 is 2.62 bits per heavy atom. The minimum atomic E-state index is -3.68. The van der Waals surface area contributed by atoms with Crippen LogP contribution in [0.2, 0.25) is 0 Å². The van der Waals surface area contributed by atoms with Gasteiger partial charge in [-0.3, -0.25) is 4.79 Å². The first-order valence-electron chi connectivity index (χ1n) is 8.56. The Kier molecular flexibility index (Phi) is 5.33. The van der Waals surface area contributed by atoms with E-state index in [-0.39, 0.29) is 16.4 Å². The Bertz CT molecular complexity index is 898. The first-order chi connectivity index (χ1) is 12.4. The number of nitrogens with one attached hydrogen (secondary N) is 1. The molecule has 3 rings (SSSR count). The summed E-state index contributed by atoms with van der Waals surface area (Å²) in [6, 6.07) is 6.31. The van der Waals surface area contributed by atoms with Crippen LogP contribution in [0, 0.1) is 6.92 Å². The number of aryl methyl sites for hydroxylation is 1. The van der Waals surface area contributed by atoms with Gasteiger partial charge in [0.25, 0.3) is 5.91 Å². The summed E-state index contributed by atoms with van der Waals surface area (Å²) in [7, 11) is -3.68. The second-order valence-electron chi connectivity index (χ2n) is 6.09. The molecule has 1 aromatic heterocycles. The van der Waals surface area contributed by atoms with E-state index in [1.807, 2.05) is 0 Å². The number of hydrogen-bond donors (Lipinski definition) is 1. The zero-order valence-electron chi connectivity index (χ0n) is 14.8. The van der Waals surface area contributed by atoms with Crippen molar-refractivity contribution in [1.82, 2.24) is 4.31 Å². The number of sulfonamides is 1. The summed E-state index contributed by atoms with van der Waals surface area (Å²) in [5, 5.41) is 2.69. The van der Waals surface area contributed by atoms with Crippen LogP contribution in [0.25, 0.3) is 0 Å². The van der Waals surface area contributed by atoms with Crippen molar-refractivity contribution in [2.75, 3.05) is 25.0 Å². The standard InChI is InChI=1S/C18H22N2O5S/c1-3-24-15-7-6-14(19-18(21)17-13(2)8-11-25-17)12-16(15)26(22,23)20-9-4-5-10-20/h6-8,11-12H,3-5,9-10H2,1-2H3,(H,19,21). The lowest BCUT2D eigenvalue weighted by atomic mass is 10.2. The van der Waals surface area contributed by atoms with Gasteiger partial charge in [-0.05, 0) is 51.0 Å². The van der Waals surface area contributed by atoms with Gasteiger partial charge in [-0.15, -0.1) is 0 Å². The molecule has 0 radical (unpaired) electrons. The van der Waals surface area contributed by atoms with Crippen LogP contribution in [0.4, 0.5) is 5.69 Å². The molecule has 0 aliphatic carbocycles. The highest BCUT2D eigenvalue weighted by Crippen LogP contribution is 2.31. The van der Waals surface area contributed by atoms with Crippen LogP contribution >= 0.6 is 0 Å². The number of hydrogen-bond acceptors (Lipinski definition) is 5. The smallest absolute Gasteiger partial charge is 0.291 e. The molecule has 2 aromatic rings. The molecule has 0 saturated carbocycles. The normalized spacial score (nSPS) is 15.2. The van der Waals surface area contributed by atoms with E-state index in [2.05, 4.69) is 5.32 Å². The molecular weight excluding hydrogens is 356 g/mol. The molecule has 0 spiro atoms. The van der Waals surface area contributed by atoms with Gasteiger partial charge in [-0.25, -0.2) is 8.42 Å². The van der Waals surface area contributed by atoms with Gasteiger partial charge in [0.15, 0.2) is 5.76 Å². The second-order valence-corrected chi connectivity index (χ2v) is 8.00. The quantitative estimate of drug-likeness (QED) is 0.835. The Balaban J connectivity index is 1.93. The lowest BCUT2D eigenvalue weighted by molar-refractivity contribution is 0.0996. The molecule has 1 fully saturated rings. The van der Waals surface area contributed by atoms with Crippen molar-refractivity contribution >= 4 is 21.6 Å². The maximum Gasteiger partial charge on any atom is 0.291 e. The number of benzene rings is 1. The summed E-state index contributed by atoms with van der Waals surface area (Å²) in [5.41, 5.74) is 1.07. The number of anilines is 1. The average molecular weight is 378 g/mol. The molecule has 1 saturated heterocycles. The van der Waals surface area contributed by atoms with Crippen molar-refractivity contribution in [2.45, 2.75) is 31.6 Å². The minimum Gasteiger partial charge on any atom is -0.492 e. The Hall–Kier alpha value is -2.32. The number of amides is 1. The summed E-state index contributed by atoms with van der Waals surface area (Å²) in [6.45, 7) is 4.90. The van der Waals surface area contributed by atoms with Crippen LogP contribution in [0.5, 0.6) is 5.75 Å². The molecule has 7 nitrogen and oxygen atoms in total. The summed E-state index contributed by atoms with van der Waals surface area (Å²) >= 11 is 0. The van der Waals surface area contributed by atoms with Gasteiger partial charge in [-0.1, -0.05) is 0 Å². The zero-order valence-corrected chi connectivity index (χ0v) is 15.6. The fraction of sp³-hybridized carbons (Fsp3) is 0.389. The van der Waals surface area contributed by atoms with Gasteiger partial charge < -0.3 is 14.5 Å². The molecule has 1 amide bonds. The van der Waals surface area contributed by atoms with Crippen LogP contribution < -0.4 is 10.1 Å². The highest BCUT2D eigenvalue weighted by molar-refractivity contribution is 7.89. The number of ether oxygens (including phenoxy) is 1. The maximum atomic E-state index is 13.0. The summed E-state index contributed by atoms with van der Waals surface area (Å²) < 4.78 is 38.1. The van der Waals surface area contributed by atoms with E-state index in [9.17, 15) is 13.2 Å². The van der Waals surface area contributed by atoms with Crippen LogP contribution in [0.15, 0.2) is 39.8 Å². The van der Waals surface area contributed by atoms with E-state index in [4.69, 9.17) is 9.15 Å². The SMILES string of the molecule is CCOc1ccc(NC(=O)c2occc2C)cc1S(=O)(=O)N1CCCC1. The van der Waals surface area contributed by atoms with E-state index in [0.717, 1.165) is 12.8 Å². The molecule has 140 valence electrons. The van der Waals surface area contributed by atoms with E-state index in [1.54, 1.807) is 32.0 Å². The van der Waals surface area contributed by atoms with Gasteiger partial charge in [0.05, 0.1) is 12.9 Å². The van der Waals surface area contributed by atoms with Crippen LogP contribution in [-0.4, -0.2) is 38.3 Å². The van der Waals surface area contributed by atoms with E-state index in [1.165, 1.54) is 16.6 Å². The third-order valence-electron chi connectivity index (χ3n) is 4.25. The molecule has 1 aliphatic heterocycles. The third-order valence-corrected chi connectivity index (χ3v) is 6.17. The number of rotatable bonds is 6. The van der Waals surface area contributed by atoms with Gasteiger partial charge >= 0.3 is 0 Å². The predicted octanol–water partition coefficient (Wildman–Crippen LogP) is 3.02. The zero-order chi connectivity index (χ0) is 18.7. The minimum absolute atomic E-state index is 0.0650. The Morgan fingerprint density at radius 1 is 1.27 bits per heavy atom. The largest absolute Gasteiger partial charge is 0.492 e. The molecule has 2 heterocycles. The highest BCUT2D eigenvalue weighted by atomic mass is 32.2. The highest BCUT2D eigenvalue weighted by Gasteiger charge is 2.30. The molecule has 0 bridgehead atoms. The number of carbonyl (C=O) groups excluding carboxylic acids is 1. The number of nitrogens with zero attached hydrogens (tertiary/aromatic N) is 1. The molecule has 0 atom stereocenters. The molecule has 0 unspecified atom stereocenters. The second kappa shape index (κ2) is 7.51. The molecular formula is C18H22N2O5S. The van der Waals surface area contributed by atoms with E-state index >= 15 is 0 Å². The van der Waals surface area contributed by atoms with Crippen molar-refractivity contribution in [3.8, 4) is 5.75 Å². The summed E-state index contributed by atoms with van der Waals surface area (Å²) in [5.74, 6) is 0.0515. The van der Waals surface area contributed by atoms with Gasteiger partial charge in [0.2, 0.25) is 10.0 Å². The summed E-state index contributed by atoms with van der Waals surface area (Å²) in [4.78, 5) is 12.4. The molecule has 1 aromatic carbocycles. The number of furan rings is 1. The Labute approximate surface area is 153 Å². The van der Waals surface area contributed by atoms with Crippen LogP contribution in [0.1, 0.15) is 35.9 Å². The molecule has 1 N–H and O–H groups in total. The summed E-state index contributed by atoms with van der Waals surface area (Å²) in [6.07, 6.45) is 3.13. The van der Waals surface area contributed by atoms with Crippen LogP contribution in [0.3, 0.4) is 0 Å². The number of carbonyl (C=O) groups is 1. The third kappa shape index (κ3) is 3.61. The van der Waals surface area contributed by atoms with Crippen molar-refractivity contribution in [2.24, 2.45) is 0 Å². The topological polar surface area (TPSA) is 88.8 Å². The lowest BCUT2D eigenvalue weighted by Crippen LogP contribution is -2.28. The van der Waals surface area contributed by atoms with E-state index < -0.39 is 15.9 Å². The van der Waals surface area contributed by atoms with Gasteiger partial charge in [-0.2, -0.15) is 4.31 Å². The van der Waals surface area contributed by atoms with Gasteiger partial charge in [0.1, 0.15) is 10.6 Å². The van der Waals surface area contributed by atoms with Crippen LogP contribution in [-0.2, 0) is 10.0 Å². The van der Waals surface area contributed by atoms with Crippen molar-refractivity contribution in [3.63, 3.8) is 0 Å². The predicted molar refractivity (Wildman–Crippen MR) is 97.0 cm³/mol. The van der Waals surface area contributed by atoms with Crippen molar-refractivity contribution < 1.29 is 22.4 Å². The fourth-order valence-corrected chi connectivity index (χ4v) is 4.60. The van der Waals surface area contributed by atoms with Crippen molar-refractivity contribution in [1.29, 1.82) is 0 Å². The van der Waals surface area contributed by atoms with Gasteiger partial charge in [0, 0.05) is 24.3 Å². The molecule has 8 heteroatoms. The first kappa shape index (κ1) is 18.5. The average Bonchev–Trinajstić information content (AvgIpc) is 3.28. The lowest BCUT2D eigenvalue weighted by Gasteiger charge is -2.19. The van der Waals surface area contributed by atoms with E-state index in [0.29, 0.717) is 30.9 Å². The first-order valence-corrected chi connectivity index (χ1v) is 10.00. The maximum absolute atomic E-state index is 13.0. The monoisotopic (exact) mass is 378 g/mol. The molecule has 1 aliphatic rings. The fourth-order valence-electron chi connectivity index (χ4n) is 2.92. The Morgan fingerprint density at radius 2 is 2.00 bits per heavy atom. The molecule has 26 heavy (non-hydrogen) atoms.